The summed E-state index contributed by atoms with van der Waals surface area (Å²) in [6.07, 6.45) is 5.27. The van der Waals surface area contributed by atoms with Gasteiger partial charge in [-0.25, -0.2) is 4.79 Å². The van der Waals surface area contributed by atoms with Crippen LogP contribution in [0.5, 0.6) is 0 Å². The number of nitrogens with zero attached hydrogens (tertiary/aromatic N) is 2. The van der Waals surface area contributed by atoms with E-state index < -0.39 is 5.97 Å². The maximum atomic E-state index is 11.0. The number of hydrogen-bond acceptors (Lipinski definition) is 1. The summed E-state index contributed by atoms with van der Waals surface area (Å²) in [5.41, 5.74) is 0.216. The van der Waals surface area contributed by atoms with E-state index in [0.29, 0.717) is 0 Å². The van der Waals surface area contributed by atoms with Gasteiger partial charge in [0.2, 0.25) is 0 Å². The highest BCUT2D eigenvalue weighted by Gasteiger charge is 2.03. The number of carboxylic acids is 1. The zero-order chi connectivity index (χ0) is 10.7. The smallest absolute Gasteiger partial charge is 0.354 e. The third-order valence-corrected chi connectivity index (χ3v) is 2.01. The van der Waals surface area contributed by atoms with Crippen LogP contribution in [-0.2, 0) is 0 Å². The Morgan fingerprint density at radius 1 is 1.00 bits per heavy atom. The minimum Gasteiger partial charge on any atom is -0.477 e. The van der Waals surface area contributed by atoms with Crippen LogP contribution in [0.1, 0.15) is 10.5 Å². The molecule has 2 aromatic rings. The normalized spacial score (nSPS) is 9.87. The average molecular weight is 202 g/mol. The molecule has 0 unspecified atom stereocenters. The van der Waals surface area contributed by atoms with E-state index in [4.69, 9.17) is 5.11 Å². The molecule has 0 aliphatic rings. The van der Waals surface area contributed by atoms with Gasteiger partial charge in [0.05, 0.1) is 0 Å². The molecule has 4 heteroatoms. The summed E-state index contributed by atoms with van der Waals surface area (Å²) in [6.45, 7) is 0. The van der Waals surface area contributed by atoms with Gasteiger partial charge in [-0.15, -0.1) is 0 Å². The fraction of sp³-hybridized carbons (Fsp3) is 0. The second-order valence-corrected chi connectivity index (χ2v) is 2.99. The Kier molecular flexibility index (Phi) is 2.41. The first kappa shape index (κ1) is 9.33. The minimum atomic E-state index is -0.952. The molecule has 0 spiro atoms. The minimum absolute atomic E-state index is 0.216. The number of carboxylic acid groups (broad SMARTS) is 1. The molecule has 0 bridgehead atoms. The van der Waals surface area contributed by atoms with E-state index in [2.05, 4.69) is 0 Å². The van der Waals surface area contributed by atoms with Gasteiger partial charge in [0.25, 0.3) is 0 Å². The van der Waals surface area contributed by atoms with E-state index in [0.717, 1.165) is 0 Å². The van der Waals surface area contributed by atoms with Gasteiger partial charge in [0.1, 0.15) is 5.69 Å². The largest absolute Gasteiger partial charge is 0.477 e. The molecular formula is C11H10N2O2. The Hall–Kier alpha value is -2.23. The summed E-state index contributed by atoms with van der Waals surface area (Å²) in [5, 5.41) is 8.99. The summed E-state index contributed by atoms with van der Waals surface area (Å²) in [5.74, 6) is -0.952. The zero-order valence-electron chi connectivity index (χ0n) is 7.95. The molecule has 2 rings (SSSR count). The van der Waals surface area contributed by atoms with Crippen molar-refractivity contribution >= 4 is 5.97 Å². The molecule has 0 saturated heterocycles. The first-order valence-electron chi connectivity index (χ1n) is 4.50. The highest BCUT2D eigenvalue weighted by atomic mass is 16.4. The van der Waals surface area contributed by atoms with E-state index in [-0.39, 0.29) is 5.69 Å². The Bertz CT molecular complexity index is 538. The number of rotatable bonds is 1. The second kappa shape index (κ2) is 3.88. The van der Waals surface area contributed by atoms with Crippen molar-refractivity contribution < 1.29 is 9.90 Å². The standard InChI is InChI=1S/C11H10N2O2/c14-11(15)10-6-5-8-12-7-3-1-2-4-9-13(10)12/h1-9H,(H,14,15). The van der Waals surface area contributed by atoms with Crippen molar-refractivity contribution in [2.24, 2.45) is 0 Å². The molecular weight excluding hydrogens is 192 g/mol. The Labute approximate surface area is 86.3 Å². The molecule has 1 N–H and O–H groups in total. The van der Waals surface area contributed by atoms with Crippen molar-refractivity contribution in [3.8, 4) is 0 Å². The van der Waals surface area contributed by atoms with Crippen LogP contribution in [0.2, 0.25) is 0 Å². The lowest BCUT2D eigenvalue weighted by Gasteiger charge is -2.05. The molecule has 76 valence electrons. The van der Waals surface area contributed by atoms with E-state index >= 15 is 0 Å². The first-order valence-corrected chi connectivity index (χ1v) is 4.50. The van der Waals surface area contributed by atoms with Crippen LogP contribution in [0.15, 0.2) is 55.0 Å². The van der Waals surface area contributed by atoms with Crippen molar-refractivity contribution in [1.82, 2.24) is 9.03 Å². The molecule has 15 heavy (non-hydrogen) atoms. The molecule has 0 aromatic carbocycles. The molecule has 0 radical (unpaired) electrons. The van der Waals surface area contributed by atoms with Crippen LogP contribution >= 0.6 is 0 Å². The molecule has 0 aliphatic heterocycles. The van der Waals surface area contributed by atoms with Crippen molar-refractivity contribution in [3.05, 3.63) is 60.7 Å². The Morgan fingerprint density at radius 2 is 1.67 bits per heavy atom. The quantitative estimate of drug-likeness (QED) is 0.767. The van der Waals surface area contributed by atoms with Gasteiger partial charge in [-0.2, -0.15) is 0 Å². The third kappa shape index (κ3) is 1.83. The number of aromatic nitrogens is 2. The van der Waals surface area contributed by atoms with Gasteiger partial charge in [-0.3, -0.25) is 9.03 Å². The number of carbonyl (C=O) groups is 1. The first-order chi connectivity index (χ1) is 7.29. The predicted molar refractivity (Wildman–Crippen MR) is 55.4 cm³/mol. The van der Waals surface area contributed by atoms with Gasteiger partial charge < -0.3 is 5.11 Å². The van der Waals surface area contributed by atoms with Crippen LogP contribution in [0.3, 0.4) is 0 Å². The van der Waals surface area contributed by atoms with Crippen molar-refractivity contribution in [1.29, 1.82) is 0 Å². The van der Waals surface area contributed by atoms with Crippen LogP contribution in [-0.4, -0.2) is 20.1 Å². The number of fused-ring (bicyclic) bond motifs is 1. The number of aromatic carboxylic acids is 1. The maximum absolute atomic E-state index is 11.0. The highest BCUT2D eigenvalue weighted by molar-refractivity contribution is 5.85. The predicted octanol–water partition coefficient (Wildman–Crippen LogP) is 1.86. The zero-order valence-corrected chi connectivity index (χ0v) is 7.95. The van der Waals surface area contributed by atoms with Gasteiger partial charge in [0.15, 0.2) is 0 Å². The summed E-state index contributed by atoms with van der Waals surface area (Å²) < 4.78 is 3.26. The number of hydrogen-bond donors (Lipinski definition) is 1. The molecule has 0 saturated carbocycles. The second-order valence-electron chi connectivity index (χ2n) is 2.99. The van der Waals surface area contributed by atoms with Gasteiger partial charge in [-0.05, 0) is 24.3 Å². The van der Waals surface area contributed by atoms with Gasteiger partial charge in [-0.1, -0.05) is 12.1 Å². The lowest BCUT2D eigenvalue weighted by molar-refractivity contribution is 0.0686. The van der Waals surface area contributed by atoms with Crippen LogP contribution in [0.25, 0.3) is 0 Å². The highest BCUT2D eigenvalue weighted by Crippen LogP contribution is 1.98. The van der Waals surface area contributed by atoms with Gasteiger partial charge >= 0.3 is 5.97 Å². The van der Waals surface area contributed by atoms with E-state index in [9.17, 15) is 4.79 Å². The SMILES string of the molecule is O=C(O)c1cccn2ccccccn12. The Balaban J connectivity index is 2.86. The Morgan fingerprint density at radius 3 is 2.40 bits per heavy atom. The fourth-order valence-electron chi connectivity index (χ4n) is 1.34. The summed E-state index contributed by atoms with van der Waals surface area (Å²) in [4.78, 5) is 11.0. The molecule has 2 aromatic heterocycles. The fourth-order valence-corrected chi connectivity index (χ4v) is 1.34. The molecule has 2 heterocycles. The van der Waals surface area contributed by atoms with Crippen molar-refractivity contribution in [2.75, 3.05) is 0 Å². The average Bonchev–Trinajstić information content (AvgIpc) is 2.17. The summed E-state index contributed by atoms with van der Waals surface area (Å²) in [7, 11) is 0. The van der Waals surface area contributed by atoms with Gasteiger partial charge in [0, 0.05) is 18.6 Å². The van der Waals surface area contributed by atoms with Crippen molar-refractivity contribution in [3.63, 3.8) is 0 Å². The van der Waals surface area contributed by atoms with E-state index in [1.54, 1.807) is 45.8 Å². The lowest BCUT2D eigenvalue weighted by atomic mass is 10.4. The van der Waals surface area contributed by atoms with E-state index in [1.807, 2.05) is 18.2 Å². The molecule has 4 nitrogen and oxygen atoms in total. The monoisotopic (exact) mass is 202 g/mol. The summed E-state index contributed by atoms with van der Waals surface area (Å²) >= 11 is 0. The van der Waals surface area contributed by atoms with E-state index in [1.165, 1.54) is 0 Å². The molecule has 0 atom stereocenters. The topological polar surface area (TPSA) is 46.1 Å². The lowest BCUT2D eigenvalue weighted by Crippen LogP contribution is -2.10. The van der Waals surface area contributed by atoms with Crippen LogP contribution in [0.4, 0.5) is 0 Å². The summed E-state index contributed by atoms with van der Waals surface area (Å²) in [6, 6.07) is 10.6. The van der Waals surface area contributed by atoms with Crippen LogP contribution < -0.4 is 0 Å². The molecule has 0 fully saturated rings. The van der Waals surface area contributed by atoms with Crippen molar-refractivity contribution in [2.45, 2.75) is 0 Å². The van der Waals surface area contributed by atoms with Crippen LogP contribution in [0, 0.1) is 0 Å². The molecule has 0 amide bonds. The maximum Gasteiger partial charge on any atom is 0.354 e. The molecule has 0 aliphatic carbocycles. The third-order valence-electron chi connectivity index (χ3n) is 2.01.